The zero-order valence-corrected chi connectivity index (χ0v) is 17.3. The van der Waals surface area contributed by atoms with Crippen molar-refractivity contribution in [3.63, 3.8) is 0 Å². The molecule has 27 heavy (non-hydrogen) atoms. The molecule has 2 aromatic carbocycles. The van der Waals surface area contributed by atoms with Crippen LogP contribution in [0.4, 0.5) is 0 Å². The van der Waals surface area contributed by atoms with Crippen LogP contribution in [0.15, 0.2) is 30.3 Å². The third-order valence-corrected chi connectivity index (χ3v) is 4.67. The van der Waals surface area contributed by atoms with Crippen LogP contribution in [-0.4, -0.2) is 54.0 Å². The van der Waals surface area contributed by atoms with Crippen LogP contribution in [0.2, 0.25) is 0 Å². The lowest BCUT2D eigenvalue weighted by Crippen LogP contribution is -2.16. The van der Waals surface area contributed by atoms with Crippen LogP contribution in [-0.2, 0) is 19.3 Å². The first-order valence-corrected chi connectivity index (χ1v) is 9.11. The zero-order chi connectivity index (χ0) is 19.8. The molecule has 5 heteroatoms. The largest absolute Gasteiger partial charge is 0.493 e. The van der Waals surface area contributed by atoms with Crippen molar-refractivity contribution >= 4 is 0 Å². The number of rotatable bonds is 10. The third kappa shape index (κ3) is 5.54. The number of nitrogens with zero attached hydrogens (tertiary/aromatic N) is 1. The molecule has 0 heterocycles. The summed E-state index contributed by atoms with van der Waals surface area (Å²) in [6.45, 7) is 0.985. The van der Waals surface area contributed by atoms with Gasteiger partial charge in [-0.15, -0.1) is 0 Å². The molecule has 0 atom stereocenters. The van der Waals surface area contributed by atoms with E-state index in [1.165, 1.54) is 16.7 Å². The molecule has 0 spiro atoms. The van der Waals surface area contributed by atoms with Gasteiger partial charge in [-0.1, -0.05) is 6.07 Å². The van der Waals surface area contributed by atoms with Gasteiger partial charge in [0, 0.05) is 6.54 Å². The number of hydrogen-bond acceptors (Lipinski definition) is 5. The highest BCUT2D eigenvalue weighted by atomic mass is 16.5. The summed E-state index contributed by atoms with van der Waals surface area (Å²) < 4.78 is 21.7. The Balaban J connectivity index is 2.25. The van der Waals surface area contributed by atoms with Gasteiger partial charge in [-0.3, -0.25) is 0 Å². The Morgan fingerprint density at radius 3 is 1.67 bits per heavy atom. The van der Waals surface area contributed by atoms with Gasteiger partial charge in [0.2, 0.25) is 0 Å². The van der Waals surface area contributed by atoms with E-state index in [2.05, 4.69) is 37.2 Å². The normalized spacial score (nSPS) is 10.8. The van der Waals surface area contributed by atoms with Crippen LogP contribution >= 0.6 is 0 Å². The topological polar surface area (TPSA) is 40.2 Å². The zero-order valence-electron chi connectivity index (χ0n) is 17.3. The predicted molar refractivity (Wildman–Crippen MR) is 109 cm³/mol. The summed E-state index contributed by atoms with van der Waals surface area (Å²) >= 11 is 0. The highest BCUT2D eigenvalue weighted by Crippen LogP contribution is 2.32. The second kappa shape index (κ2) is 10.1. The Hall–Kier alpha value is -2.40. The van der Waals surface area contributed by atoms with Gasteiger partial charge in [-0.2, -0.15) is 0 Å². The van der Waals surface area contributed by atoms with Gasteiger partial charge in [-0.25, -0.2) is 0 Å². The van der Waals surface area contributed by atoms with Crippen molar-refractivity contribution in [1.29, 1.82) is 0 Å². The van der Waals surface area contributed by atoms with E-state index >= 15 is 0 Å². The van der Waals surface area contributed by atoms with Crippen LogP contribution in [0.25, 0.3) is 0 Å². The molecule has 0 amide bonds. The van der Waals surface area contributed by atoms with Crippen molar-refractivity contribution in [3.8, 4) is 23.0 Å². The molecule has 2 rings (SSSR count). The predicted octanol–water partition coefficient (Wildman–Crippen LogP) is 3.61. The maximum Gasteiger partial charge on any atom is 0.161 e. The van der Waals surface area contributed by atoms with Crippen LogP contribution in [0.1, 0.15) is 16.7 Å². The molecule has 0 aliphatic rings. The first-order valence-electron chi connectivity index (χ1n) is 9.11. The fourth-order valence-electron chi connectivity index (χ4n) is 3.09. The molecule has 0 aliphatic heterocycles. The molecule has 148 valence electrons. The maximum atomic E-state index is 5.50. The summed E-state index contributed by atoms with van der Waals surface area (Å²) in [5.41, 5.74) is 3.78. The SMILES string of the molecule is COc1ccc(CCc2cc(OC)c(OC)cc2CCN(C)C)cc1OC. The monoisotopic (exact) mass is 373 g/mol. The van der Waals surface area contributed by atoms with E-state index in [4.69, 9.17) is 18.9 Å². The summed E-state index contributed by atoms with van der Waals surface area (Å²) in [6, 6.07) is 10.3. The number of aryl methyl sites for hydroxylation is 2. The molecular weight excluding hydrogens is 342 g/mol. The number of hydrogen-bond donors (Lipinski definition) is 0. The van der Waals surface area contributed by atoms with Crippen molar-refractivity contribution < 1.29 is 18.9 Å². The van der Waals surface area contributed by atoms with Gasteiger partial charge in [0.15, 0.2) is 23.0 Å². The second-order valence-corrected chi connectivity index (χ2v) is 6.72. The summed E-state index contributed by atoms with van der Waals surface area (Å²) in [4.78, 5) is 2.19. The molecule has 0 saturated carbocycles. The smallest absolute Gasteiger partial charge is 0.161 e. The van der Waals surface area contributed by atoms with Gasteiger partial charge in [0.05, 0.1) is 28.4 Å². The van der Waals surface area contributed by atoms with Gasteiger partial charge in [0.25, 0.3) is 0 Å². The van der Waals surface area contributed by atoms with Crippen molar-refractivity contribution in [3.05, 3.63) is 47.0 Å². The molecule has 0 unspecified atom stereocenters. The second-order valence-electron chi connectivity index (χ2n) is 6.72. The van der Waals surface area contributed by atoms with Gasteiger partial charge in [-0.05, 0) is 74.3 Å². The Morgan fingerprint density at radius 2 is 1.15 bits per heavy atom. The molecule has 0 saturated heterocycles. The Morgan fingerprint density at radius 1 is 0.630 bits per heavy atom. The van der Waals surface area contributed by atoms with E-state index in [-0.39, 0.29) is 0 Å². The van der Waals surface area contributed by atoms with E-state index in [1.807, 2.05) is 12.1 Å². The van der Waals surface area contributed by atoms with E-state index < -0.39 is 0 Å². The van der Waals surface area contributed by atoms with E-state index in [9.17, 15) is 0 Å². The lowest BCUT2D eigenvalue weighted by Gasteiger charge is -2.17. The van der Waals surface area contributed by atoms with Gasteiger partial charge >= 0.3 is 0 Å². The molecule has 0 bridgehead atoms. The maximum absolute atomic E-state index is 5.50. The molecule has 0 fully saturated rings. The molecule has 0 radical (unpaired) electrons. The van der Waals surface area contributed by atoms with Crippen LogP contribution in [0.3, 0.4) is 0 Å². The lowest BCUT2D eigenvalue weighted by atomic mass is 9.96. The Bertz CT molecular complexity index is 743. The molecule has 5 nitrogen and oxygen atoms in total. The highest BCUT2D eigenvalue weighted by molar-refractivity contribution is 5.48. The van der Waals surface area contributed by atoms with Gasteiger partial charge < -0.3 is 23.8 Å². The summed E-state index contributed by atoms with van der Waals surface area (Å²) in [7, 11) is 10.8. The van der Waals surface area contributed by atoms with Crippen molar-refractivity contribution in [2.45, 2.75) is 19.3 Å². The fourth-order valence-corrected chi connectivity index (χ4v) is 3.09. The van der Waals surface area contributed by atoms with Crippen molar-refractivity contribution in [2.24, 2.45) is 0 Å². The minimum atomic E-state index is 0.749. The minimum absolute atomic E-state index is 0.749. The quantitative estimate of drug-likeness (QED) is 0.636. The summed E-state index contributed by atoms with van der Waals surface area (Å²) in [6.07, 6.45) is 2.79. The Kier molecular flexibility index (Phi) is 7.80. The average molecular weight is 373 g/mol. The molecule has 0 aromatic heterocycles. The first-order chi connectivity index (χ1) is 13.0. The molecule has 2 aromatic rings. The summed E-state index contributed by atoms with van der Waals surface area (Å²) in [5.74, 6) is 3.06. The highest BCUT2D eigenvalue weighted by Gasteiger charge is 2.12. The van der Waals surface area contributed by atoms with Crippen LogP contribution < -0.4 is 18.9 Å². The lowest BCUT2D eigenvalue weighted by molar-refractivity contribution is 0.353. The first kappa shape index (κ1) is 20.9. The number of methoxy groups -OCH3 is 4. The van der Waals surface area contributed by atoms with E-state index in [0.717, 1.165) is 48.8 Å². The van der Waals surface area contributed by atoms with Crippen LogP contribution in [0, 0.1) is 0 Å². The van der Waals surface area contributed by atoms with E-state index in [0.29, 0.717) is 0 Å². The fraction of sp³-hybridized carbons (Fsp3) is 0.455. The standard InChI is InChI=1S/C22H31NO4/c1-23(2)12-11-18-15-22(27-6)21(26-5)14-17(18)9-7-16-8-10-19(24-3)20(13-16)25-4/h8,10,13-15H,7,9,11-12H2,1-6H3. The van der Waals surface area contributed by atoms with Crippen molar-refractivity contribution in [2.75, 3.05) is 49.1 Å². The number of benzene rings is 2. The summed E-state index contributed by atoms with van der Waals surface area (Å²) in [5, 5.41) is 0. The van der Waals surface area contributed by atoms with Crippen LogP contribution in [0.5, 0.6) is 23.0 Å². The number of likely N-dealkylation sites (N-methyl/N-ethyl adjacent to an activating group) is 1. The molecule has 0 N–H and O–H groups in total. The third-order valence-electron chi connectivity index (χ3n) is 4.67. The average Bonchev–Trinajstić information content (AvgIpc) is 2.69. The molecular formula is C22H31NO4. The Labute approximate surface area is 162 Å². The van der Waals surface area contributed by atoms with Crippen molar-refractivity contribution in [1.82, 2.24) is 4.90 Å². The van der Waals surface area contributed by atoms with Gasteiger partial charge in [0.1, 0.15) is 0 Å². The van der Waals surface area contributed by atoms with E-state index in [1.54, 1.807) is 28.4 Å². The minimum Gasteiger partial charge on any atom is -0.493 e. The molecule has 0 aliphatic carbocycles. The number of ether oxygens (including phenoxy) is 4.